The smallest absolute Gasteiger partial charge is 0.425 e. The van der Waals surface area contributed by atoms with Crippen LogP contribution in [0.1, 0.15) is 198 Å². The van der Waals surface area contributed by atoms with Crippen LogP contribution in [0.4, 0.5) is 4.79 Å². The molecule has 0 spiro atoms. The summed E-state index contributed by atoms with van der Waals surface area (Å²) in [6.07, 6.45) is 30.7. The molecule has 4 atom stereocenters. The highest BCUT2D eigenvalue weighted by molar-refractivity contribution is 8.00. The second-order valence-electron chi connectivity index (χ2n) is 18.3. The third-order valence-corrected chi connectivity index (χ3v) is 14.5. The van der Waals surface area contributed by atoms with Crippen molar-refractivity contribution in [2.45, 2.75) is 211 Å². The van der Waals surface area contributed by atoms with Crippen LogP contribution in [-0.2, 0) is 19.1 Å². The van der Waals surface area contributed by atoms with Crippen LogP contribution in [0, 0.1) is 0 Å². The number of thioether (sulfide) groups is 1. The van der Waals surface area contributed by atoms with Crippen molar-refractivity contribution in [2.24, 2.45) is 0 Å². The molecule has 2 amide bonds. The lowest BCUT2D eigenvalue weighted by molar-refractivity contribution is -0.127. The average molecular weight is 892 g/mol. The summed E-state index contributed by atoms with van der Waals surface area (Å²) < 4.78 is 12.2. The van der Waals surface area contributed by atoms with Crippen LogP contribution >= 0.6 is 11.8 Å². The van der Waals surface area contributed by atoms with Crippen LogP contribution in [0.2, 0.25) is 0 Å². The van der Waals surface area contributed by atoms with Crippen LogP contribution < -0.4 is 5.32 Å². The van der Waals surface area contributed by atoms with Gasteiger partial charge in [-0.1, -0.05) is 197 Å². The maximum absolute atomic E-state index is 13.8. The van der Waals surface area contributed by atoms with Gasteiger partial charge in [-0.3, -0.25) is 4.79 Å². The van der Waals surface area contributed by atoms with E-state index in [9.17, 15) is 19.5 Å². The van der Waals surface area contributed by atoms with E-state index in [-0.39, 0.29) is 35.8 Å². The summed E-state index contributed by atoms with van der Waals surface area (Å²) in [6.45, 7) is 7.02. The number of benzene rings is 2. The Bertz CT molecular complexity index is 1510. The number of aldehydes is 1. The highest BCUT2D eigenvalue weighted by Crippen LogP contribution is 2.45. The van der Waals surface area contributed by atoms with Crippen molar-refractivity contribution in [3.8, 4) is 11.1 Å². The van der Waals surface area contributed by atoms with E-state index < -0.39 is 18.9 Å². The Kier molecular flexibility index (Phi) is 26.7. The van der Waals surface area contributed by atoms with E-state index in [1.807, 2.05) is 24.3 Å². The molecule has 2 unspecified atom stereocenters. The zero-order valence-electron chi connectivity index (χ0n) is 39.6. The molecule has 2 aromatic rings. The minimum absolute atomic E-state index is 0.0780. The molecule has 63 heavy (non-hydrogen) atoms. The number of nitrogens with zero attached hydrogens (tertiary/aromatic N) is 2. The Labute approximate surface area is 386 Å². The van der Waals surface area contributed by atoms with Gasteiger partial charge in [-0.15, -0.1) is 0 Å². The van der Waals surface area contributed by atoms with E-state index in [0.717, 1.165) is 47.9 Å². The summed E-state index contributed by atoms with van der Waals surface area (Å²) in [6, 6.07) is 15.3. The molecule has 2 aromatic carbocycles. The molecule has 9 nitrogen and oxygen atoms in total. The second kappa shape index (κ2) is 31.9. The van der Waals surface area contributed by atoms with Gasteiger partial charge < -0.3 is 24.7 Å². The highest BCUT2D eigenvalue weighted by Gasteiger charge is 2.47. The number of amides is 2. The number of rotatable bonds is 38. The van der Waals surface area contributed by atoms with Crippen molar-refractivity contribution in [1.29, 1.82) is 0 Å². The number of hydrazine groups is 1. The molecule has 10 heteroatoms. The predicted octanol–water partition coefficient (Wildman–Crippen LogP) is 12.8. The van der Waals surface area contributed by atoms with E-state index >= 15 is 0 Å². The van der Waals surface area contributed by atoms with E-state index in [2.05, 4.69) is 43.4 Å². The summed E-state index contributed by atoms with van der Waals surface area (Å²) in [7, 11) is 0. The molecular formula is C53H85N3O6S. The first-order chi connectivity index (χ1) is 30.9. The Hall–Kier alpha value is -2.92. The quantitative estimate of drug-likeness (QED) is 0.0297. The SMILES string of the molecule is CCCCCCCCCCCCCCCCOC[C@H](CS[C@@H]1CC1N(CO)N(C(=O)OCC1c2ccccc2-c2ccccc21)C(C)C=O)NC(=O)CCCCCCCCCCC. The van der Waals surface area contributed by atoms with E-state index in [1.165, 1.54) is 133 Å². The zero-order chi connectivity index (χ0) is 44.9. The maximum Gasteiger partial charge on any atom is 0.425 e. The van der Waals surface area contributed by atoms with Crippen molar-refractivity contribution < 1.29 is 29.0 Å². The molecule has 2 aliphatic carbocycles. The van der Waals surface area contributed by atoms with Gasteiger partial charge in [0.1, 0.15) is 25.7 Å². The molecule has 2 aliphatic rings. The Morgan fingerprint density at radius 1 is 0.746 bits per heavy atom. The van der Waals surface area contributed by atoms with Gasteiger partial charge in [0, 0.05) is 36.0 Å². The lowest BCUT2D eigenvalue weighted by Crippen LogP contribution is -2.54. The zero-order valence-corrected chi connectivity index (χ0v) is 40.4. The van der Waals surface area contributed by atoms with E-state index in [4.69, 9.17) is 9.47 Å². The minimum Gasteiger partial charge on any atom is -0.447 e. The van der Waals surface area contributed by atoms with Gasteiger partial charge in [-0.25, -0.2) is 9.80 Å². The summed E-state index contributed by atoms with van der Waals surface area (Å²) in [5.41, 5.74) is 4.50. The number of carbonyl (C=O) groups excluding carboxylic acids is 3. The number of carbonyl (C=O) groups is 3. The summed E-state index contributed by atoms with van der Waals surface area (Å²) >= 11 is 1.73. The molecule has 354 valence electrons. The minimum atomic E-state index is -0.824. The fraction of sp³-hybridized carbons (Fsp3) is 0.717. The molecule has 1 fully saturated rings. The molecule has 4 rings (SSSR count). The molecule has 0 heterocycles. The number of hydrogen-bond acceptors (Lipinski definition) is 8. The van der Waals surface area contributed by atoms with Gasteiger partial charge in [0.15, 0.2) is 0 Å². The topological polar surface area (TPSA) is 108 Å². The lowest BCUT2D eigenvalue weighted by atomic mass is 9.98. The number of aliphatic hydroxyl groups excluding tert-OH is 1. The molecule has 2 N–H and O–H groups in total. The summed E-state index contributed by atoms with van der Waals surface area (Å²) in [5, 5.41) is 16.9. The van der Waals surface area contributed by atoms with Gasteiger partial charge in [0.2, 0.25) is 5.91 Å². The van der Waals surface area contributed by atoms with Crippen LogP contribution in [0.5, 0.6) is 0 Å². The second-order valence-corrected chi connectivity index (χ2v) is 19.6. The Morgan fingerprint density at radius 3 is 1.75 bits per heavy atom. The van der Waals surface area contributed by atoms with E-state index in [1.54, 1.807) is 23.7 Å². The van der Waals surface area contributed by atoms with Crippen molar-refractivity contribution >= 4 is 30.0 Å². The monoisotopic (exact) mass is 892 g/mol. The average Bonchev–Trinajstić information content (AvgIpc) is 4.00. The van der Waals surface area contributed by atoms with Gasteiger partial charge in [0.25, 0.3) is 0 Å². The number of nitrogens with one attached hydrogen (secondary N) is 1. The normalized spacial score (nSPS) is 16.4. The third kappa shape index (κ3) is 19.2. The first-order valence-electron chi connectivity index (χ1n) is 25.4. The Balaban J connectivity index is 1.21. The van der Waals surface area contributed by atoms with Gasteiger partial charge >= 0.3 is 6.09 Å². The highest BCUT2D eigenvalue weighted by atomic mass is 32.2. The van der Waals surface area contributed by atoms with Crippen LogP contribution in [-0.4, -0.2) is 89.1 Å². The Morgan fingerprint density at radius 2 is 1.24 bits per heavy atom. The number of unbranched alkanes of at least 4 members (excludes halogenated alkanes) is 21. The standard InChI is InChI=1S/C53H85N3O6S/c1-4-6-8-10-12-14-15-16-17-18-20-22-24-30-36-61-39-44(54-52(59)35-25-23-21-19-13-11-9-7-5-2)41-63-51-37-50(51)55(42-58)56(43(3)38-57)53(60)62-40-49-47-33-28-26-31-45(47)46-32-27-29-34-48(46)49/h26-29,31-34,38,43-44,49-51,58H,4-25,30,35-37,39-42H2,1-3H3,(H,54,59)/t43?,44-,50?,51-/m1/s1. The summed E-state index contributed by atoms with van der Waals surface area (Å²) in [4.78, 5) is 39.1. The fourth-order valence-electron chi connectivity index (χ4n) is 9.10. The van der Waals surface area contributed by atoms with Gasteiger partial charge in [0.05, 0.1) is 12.6 Å². The number of hydrogen-bond donors (Lipinski definition) is 2. The molecule has 0 bridgehead atoms. The van der Waals surface area contributed by atoms with E-state index in [0.29, 0.717) is 31.7 Å². The fourth-order valence-corrected chi connectivity index (χ4v) is 10.5. The third-order valence-electron chi connectivity index (χ3n) is 13.0. The molecular weight excluding hydrogens is 807 g/mol. The molecule has 0 saturated heterocycles. The number of ether oxygens (including phenoxy) is 2. The molecule has 0 aliphatic heterocycles. The molecule has 0 aromatic heterocycles. The van der Waals surface area contributed by atoms with Gasteiger partial charge in [-0.05, 0) is 48.4 Å². The number of fused-ring (bicyclic) bond motifs is 3. The van der Waals surface area contributed by atoms with Crippen molar-refractivity contribution in [2.75, 3.05) is 32.3 Å². The van der Waals surface area contributed by atoms with Crippen molar-refractivity contribution in [3.05, 3.63) is 59.7 Å². The first-order valence-corrected chi connectivity index (χ1v) is 26.4. The van der Waals surface area contributed by atoms with Crippen molar-refractivity contribution in [1.82, 2.24) is 15.3 Å². The molecule has 1 saturated carbocycles. The lowest BCUT2D eigenvalue weighted by Gasteiger charge is -2.35. The number of aliphatic hydroxyl groups is 1. The predicted molar refractivity (Wildman–Crippen MR) is 261 cm³/mol. The largest absolute Gasteiger partial charge is 0.447 e. The van der Waals surface area contributed by atoms with Crippen LogP contribution in [0.15, 0.2) is 48.5 Å². The van der Waals surface area contributed by atoms with Crippen LogP contribution in [0.25, 0.3) is 11.1 Å². The first kappa shape index (κ1) is 52.7. The maximum atomic E-state index is 13.8. The molecule has 0 radical (unpaired) electrons. The van der Waals surface area contributed by atoms with Crippen LogP contribution in [0.3, 0.4) is 0 Å². The van der Waals surface area contributed by atoms with Gasteiger partial charge in [-0.2, -0.15) is 16.8 Å². The van der Waals surface area contributed by atoms with Crippen molar-refractivity contribution in [3.63, 3.8) is 0 Å². The summed E-state index contributed by atoms with van der Waals surface area (Å²) in [5.74, 6) is 0.622.